The zero-order chi connectivity index (χ0) is 14.0. The van der Waals surface area contributed by atoms with Crippen molar-refractivity contribution in [3.05, 3.63) is 24.0 Å². The number of pyridine rings is 1. The first-order valence-corrected chi connectivity index (χ1v) is 7.81. The SMILES string of the molecule is Cc1cc(N2CCS(=O)(=O)CC2CC(=O)O)ccn1. The van der Waals surface area contributed by atoms with Crippen LogP contribution in [0.5, 0.6) is 0 Å². The Hall–Kier alpha value is -1.63. The van der Waals surface area contributed by atoms with Crippen LogP contribution in [0.2, 0.25) is 0 Å². The number of sulfone groups is 1. The van der Waals surface area contributed by atoms with Crippen LogP contribution >= 0.6 is 0 Å². The third-order valence-corrected chi connectivity index (χ3v) is 4.85. The second-order valence-corrected chi connectivity index (χ2v) is 6.94. The van der Waals surface area contributed by atoms with Crippen molar-refractivity contribution < 1.29 is 18.3 Å². The largest absolute Gasteiger partial charge is 0.481 e. The monoisotopic (exact) mass is 284 g/mol. The molecule has 1 N–H and O–H groups in total. The number of aliphatic carboxylic acids is 1. The maximum atomic E-state index is 11.7. The first kappa shape index (κ1) is 13.8. The maximum absolute atomic E-state index is 11.7. The Bertz CT molecular complexity index is 585. The summed E-state index contributed by atoms with van der Waals surface area (Å²) in [4.78, 5) is 16.8. The third-order valence-electron chi connectivity index (χ3n) is 3.15. The molecule has 0 aliphatic carbocycles. The molecular weight excluding hydrogens is 268 g/mol. The molecule has 0 bridgehead atoms. The van der Waals surface area contributed by atoms with Crippen LogP contribution in [0.15, 0.2) is 18.3 Å². The van der Waals surface area contributed by atoms with E-state index in [1.54, 1.807) is 12.3 Å². The van der Waals surface area contributed by atoms with Crippen molar-refractivity contribution in [1.29, 1.82) is 0 Å². The van der Waals surface area contributed by atoms with E-state index in [9.17, 15) is 13.2 Å². The summed E-state index contributed by atoms with van der Waals surface area (Å²) in [6.45, 7) is 2.17. The number of aromatic nitrogens is 1. The van der Waals surface area contributed by atoms with E-state index in [1.165, 1.54) is 0 Å². The second kappa shape index (κ2) is 5.16. The summed E-state index contributed by atoms with van der Waals surface area (Å²) in [5.41, 5.74) is 1.65. The van der Waals surface area contributed by atoms with E-state index in [-0.39, 0.29) is 17.9 Å². The minimum Gasteiger partial charge on any atom is -0.481 e. The van der Waals surface area contributed by atoms with Crippen LogP contribution in [0.25, 0.3) is 0 Å². The molecule has 19 heavy (non-hydrogen) atoms. The van der Waals surface area contributed by atoms with Gasteiger partial charge in [0.05, 0.1) is 24.0 Å². The van der Waals surface area contributed by atoms with Gasteiger partial charge in [0.1, 0.15) is 0 Å². The third kappa shape index (κ3) is 3.44. The van der Waals surface area contributed by atoms with Gasteiger partial charge in [-0.25, -0.2) is 8.42 Å². The van der Waals surface area contributed by atoms with Gasteiger partial charge >= 0.3 is 5.97 Å². The molecule has 1 fully saturated rings. The Morgan fingerprint density at radius 3 is 2.95 bits per heavy atom. The Labute approximate surface area is 112 Å². The molecule has 0 aromatic carbocycles. The number of carboxylic acid groups (broad SMARTS) is 1. The van der Waals surface area contributed by atoms with Gasteiger partial charge in [-0.15, -0.1) is 0 Å². The molecule has 6 nitrogen and oxygen atoms in total. The number of rotatable bonds is 3. The predicted molar refractivity (Wildman–Crippen MR) is 71.0 cm³/mol. The Morgan fingerprint density at radius 2 is 2.32 bits per heavy atom. The molecule has 0 spiro atoms. The number of carbonyl (C=O) groups is 1. The van der Waals surface area contributed by atoms with Gasteiger partial charge in [-0.1, -0.05) is 0 Å². The summed E-state index contributed by atoms with van der Waals surface area (Å²) in [6.07, 6.45) is 1.46. The van der Waals surface area contributed by atoms with Crippen molar-refractivity contribution >= 4 is 21.5 Å². The Kier molecular flexibility index (Phi) is 3.75. The van der Waals surface area contributed by atoms with E-state index < -0.39 is 21.8 Å². The van der Waals surface area contributed by atoms with Gasteiger partial charge in [-0.05, 0) is 19.1 Å². The summed E-state index contributed by atoms with van der Waals surface area (Å²) in [6, 6.07) is 3.10. The molecule has 7 heteroatoms. The van der Waals surface area contributed by atoms with Gasteiger partial charge in [0.2, 0.25) is 0 Å². The van der Waals surface area contributed by atoms with Gasteiger partial charge in [0, 0.05) is 24.1 Å². The van der Waals surface area contributed by atoms with Crippen molar-refractivity contribution in [3.8, 4) is 0 Å². The normalized spacial score (nSPS) is 22.2. The first-order valence-electron chi connectivity index (χ1n) is 5.99. The summed E-state index contributed by atoms with van der Waals surface area (Å²) < 4.78 is 23.3. The molecule has 1 aromatic heterocycles. The average Bonchev–Trinajstić information content (AvgIpc) is 2.27. The van der Waals surface area contributed by atoms with Crippen LogP contribution in [0.3, 0.4) is 0 Å². The standard InChI is InChI=1S/C12H16N2O4S/c1-9-6-10(2-3-13-9)14-4-5-19(17,18)8-11(14)7-12(15)16/h2-3,6,11H,4-5,7-8H2,1H3,(H,15,16). The highest BCUT2D eigenvalue weighted by atomic mass is 32.2. The topological polar surface area (TPSA) is 87.6 Å². The lowest BCUT2D eigenvalue weighted by molar-refractivity contribution is -0.137. The summed E-state index contributed by atoms with van der Waals surface area (Å²) in [5, 5.41) is 8.92. The van der Waals surface area contributed by atoms with Gasteiger partial charge in [-0.3, -0.25) is 9.78 Å². The van der Waals surface area contributed by atoms with Gasteiger partial charge in [0.25, 0.3) is 0 Å². The van der Waals surface area contributed by atoms with Crippen LogP contribution in [0.4, 0.5) is 5.69 Å². The van der Waals surface area contributed by atoms with Crippen molar-refractivity contribution in [2.45, 2.75) is 19.4 Å². The van der Waals surface area contributed by atoms with Crippen LogP contribution in [-0.2, 0) is 14.6 Å². The molecule has 0 radical (unpaired) electrons. The molecule has 0 saturated carbocycles. The molecule has 1 aliphatic heterocycles. The van der Waals surface area contributed by atoms with Gasteiger partial charge < -0.3 is 10.0 Å². The molecule has 2 heterocycles. The van der Waals surface area contributed by atoms with Crippen LogP contribution in [-0.4, -0.2) is 48.6 Å². The number of hydrogen-bond acceptors (Lipinski definition) is 5. The maximum Gasteiger partial charge on any atom is 0.305 e. The molecule has 1 atom stereocenters. The predicted octanol–water partition coefficient (Wildman–Crippen LogP) is 0.468. The van der Waals surface area contributed by atoms with Crippen molar-refractivity contribution in [3.63, 3.8) is 0 Å². The fraction of sp³-hybridized carbons (Fsp3) is 0.500. The molecule has 1 aromatic rings. The second-order valence-electron chi connectivity index (χ2n) is 4.71. The lowest BCUT2D eigenvalue weighted by Gasteiger charge is -2.36. The average molecular weight is 284 g/mol. The van der Waals surface area contributed by atoms with Crippen molar-refractivity contribution in [1.82, 2.24) is 4.98 Å². The van der Waals surface area contributed by atoms with Gasteiger partial charge in [0.15, 0.2) is 9.84 Å². The highest BCUT2D eigenvalue weighted by molar-refractivity contribution is 7.91. The zero-order valence-corrected chi connectivity index (χ0v) is 11.4. The molecule has 1 saturated heterocycles. The van der Waals surface area contributed by atoms with E-state index in [1.807, 2.05) is 17.9 Å². The van der Waals surface area contributed by atoms with Crippen LogP contribution < -0.4 is 4.90 Å². The number of hydrogen-bond donors (Lipinski definition) is 1. The number of nitrogens with zero attached hydrogens (tertiary/aromatic N) is 2. The van der Waals surface area contributed by atoms with Gasteiger partial charge in [-0.2, -0.15) is 0 Å². The van der Waals surface area contributed by atoms with Crippen LogP contribution in [0, 0.1) is 6.92 Å². The van der Waals surface area contributed by atoms with E-state index in [4.69, 9.17) is 5.11 Å². The van der Waals surface area contributed by atoms with Crippen molar-refractivity contribution in [2.75, 3.05) is 23.0 Å². The summed E-state index contributed by atoms with van der Waals surface area (Å²) in [7, 11) is -3.15. The summed E-state index contributed by atoms with van der Waals surface area (Å²) in [5.74, 6) is -1.04. The molecule has 1 aliphatic rings. The van der Waals surface area contributed by atoms with Crippen molar-refractivity contribution in [2.24, 2.45) is 0 Å². The van der Waals surface area contributed by atoms with E-state index in [0.717, 1.165) is 11.4 Å². The molecule has 104 valence electrons. The highest BCUT2D eigenvalue weighted by Crippen LogP contribution is 2.23. The first-order chi connectivity index (χ1) is 8.87. The molecular formula is C12H16N2O4S. The van der Waals surface area contributed by atoms with E-state index in [2.05, 4.69) is 4.98 Å². The fourth-order valence-corrected chi connectivity index (χ4v) is 3.83. The fourth-order valence-electron chi connectivity index (χ4n) is 2.31. The Balaban J connectivity index is 2.29. The zero-order valence-electron chi connectivity index (χ0n) is 10.6. The summed E-state index contributed by atoms with van der Waals surface area (Å²) >= 11 is 0. The van der Waals surface area contributed by atoms with E-state index >= 15 is 0 Å². The molecule has 2 rings (SSSR count). The smallest absolute Gasteiger partial charge is 0.305 e. The van der Waals surface area contributed by atoms with E-state index in [0.29, 0.717) is 6.54 Å². The lowest BCUT2D eigenvalue weighted by atomic mass is 10.1. The Morgan fingerprint density at radius 1 is 1.58 bits per heavy atom. The van der Waals surface area contributed by atoms with Crippen LogP contribution in [0.1, 0.15) is 12.1 Å². The number of aryl methyl sites for hydroxylation is 1. The minimum atomic E-state index is -3.15. The highest BCUT2D eigenvalue weighted by Gasteiger charge is 2.32. The number of anilines is 1. The minimum absolute atomic E-state index is 0.0600. The molecule has 1 unspecified atom stereocenters. The lowest BCUT2D eigenvalue weighted by Crippen LogP contribution is -2.49. The quantitative estimate of drug-likeness (QED) is 0.868. The number of carboxylic acids is 1. The molecule has 0 amide bonds.